The molecule has 4 nitrogen and oxygen atoms in total. The summed E-state index contributed by atoms with van der Waals surface area (Å²) in [5, 5.41) is 0. The number of nitrogens with two attached hydrogens (primary N) is 1. The Labute approximate surface area is 127 Å². The summed E-state index contributed by atoms with van der Waals surface area (Å²) in [6.45, 7) is 6.54. The minimum absolute atomic E-state index is 0.350. The summed E-state index contributed by atoms with van der Waals surface area (Å²) in [4.78, 5) is 2.53. The van der Waals surface area contributed by atoms with Crippen LogP contribution in [0.15, 0.2) is 12.1 Å². The molecule has 0 radical (unpaired) electrons. The number of ether oxygens (including phenoxy) is 2. The van der Waals surface area contributed by atoms with E-state index in [-0.39, 0.29) is 0 Å². The lowest BCUT2D eigenvalue weighted by molar-refractivity contribution is -0.0175. The average Bonchev–Trinajstić information content (AvgIpc) is 2.49. The van der Waals surface area contributed by atoms with Gasteiger partial charge in [-0.15, -0.1) is 0 Å². The van der Waals surface area contributed by atoms with Crippen molar-refractivity contribution in [3.63, 3.8) is 0 Å². The van der Waals surface area contributed by atoms with Crippen molar-refractivity contribution in [3.8, 4) is 5.75 Å². The van der Waals surface area contributed by atoms with Crippen LogP contribution in [0.2, 0.25) is 0 Å². The first kappa shape index (κ1) is 14.7. The van der Waals surface area contributed by atoms with Crippen LogP contribution in [0.3, 0.4) is 0 Å². The summed E-state index contributed by atoms with van der Waals surface area (Å²) in [7, 11) is 0. The number of nitrogen functional groups attached to an aromatic ring is 1. The van der Waals surface area contributed by atoms with Crippen molar-refractivity contribution in [2.24, 2.45) is 5.92 Å². The van der Waals surface area contributed by atoms with Crippen LogP contribution in [0, 0.1) is 5.92 Å². The summed E-state index contributed by atoms with van der Waals surface area (Å²) >= 11 is 0. The zero-order chi connectivity index (χ0) is 14.7. The van der Waals surface area contributed by atoms with E-state index in [9.17, 15) is 0 Å². The highest BCUT2D eigenvalue weighted by Gasteiger charge is 2.22. The maximum Gasteiger partial charge on any atom is 0.189 e. The Morgan fingerprint density at radius 2 is 2.10 bits per heavy atom. The van der Waals surface area contributed by atoms with Crippen molar-refractivity contribution in [1.29, 1.82) is 0 Å². The molecule has 0 saturated carbocycles. The fraction of sp³-hybridized carbons (Fsp3) is 0.647. The van der Waals surface area contributed by atoms with Crippen molar-refractivity contribution in [1.82, 2.24) is 4.90 Å². The number of piperidine rings is 1. The van der Waals surface area contributed by atoms with Crippen LogP contribution in [0.5, 0.6) is 5.75 Å². The number of anilines is 1. The molecule has 2 aliphatic rings. The standard InChI is InChI=1S/C17H26N2O2/c1-2-3-13-4-6-19(7-5-13)10-14-8-16(18)9-15-11-20-12-21-17(14)15/h8-9,13H,2-7,10-12,18H2,1H3. The predicted octanol–water partition coefficient (Wildman–Crippen LogP) is 3.15. The van der Waals surface area contributed by atoms with E-state index in [1.54, 1.807) is 0 Å². The Kier molecular flexibility index (Phi) is 4.66. The molecule has 1 saturated heterocycles. The maximum atomic E-state index is 6.02. The largest absolute Gasteiger partial charge is 0.467 e. The summed E-state index contributed by atoms with van der Waals surface area (Å²) in [6, 6.07) is 4.02. The Morgan fingerprint density at radius 1 is 1.29 bits per heavy atom. The molecular weight excluding hydrogens is 264 g/mol. The second-order valence-electron chi connectivity index (χ2n) is 6.29. The summed E-state index contributed by atoms with van der Waals surface area (Å²) in [6.07, 6.45) is 5.33. The van der Waals surface area contributed by atoms with Gasteiger partial charge in [0.1, 0.15) is 5.75 Å². The van der Waals surface area contributed by atoms with Gasteiger partial charge in [-0.25, -0.2) is 0 Å². The number of hydrogen-bond acceptors (Lipinski definition) is 4. The number of nitrogens with zero attached hydrogens (tertiary/aromatic N) is 1. The van der Waals surface area contributed by atoms with Gasteiger partial charge in [0.05, 0.1) is 6.61 Å². The van der Waals surface area contributed by atoms with Gasteiger partial charge in [0.25, 0.3) is 0 Å². The van der Waals surface area contributed by atoms with Crippen molar-refractivity contribution in [3.05, 3.63) is 23.3 Å². The molecule has 2 N–H and O–H groups in total. The lowest BCUT2D eigenvalue weighted by atomic mass is 9.92. The molecule has 1 fully saturated rings. The molecule has 2 aliphatic heterocycles. The Morgan fingerprint density at radius 3 is 2.86 bits per heavy atom. The molecule has 0 atom stereocenters. The number of benzene rings is 1. The highest BCUT2D eigenvalue weighted by molar-refractivity contribution is 5.53. The highest BCUT2D eigenvalue weighted by Crippen LogP contribution is 2.32. The third-order valence-electron chi connectivity index (χ3n) is 4.61. The van der Waals surface area contributed by atoms with Gasteiger partial charge in [0, 0.05) is 23.4 Å². The van der Waals surface area contributed by atoms with E-state index in [1.807, 2.05) is 6.07 Å². The molecule has 1 aromatic carbocycles. The lowest BCUT2D eigenvalue weighted by Crippen LogP contribution is -2.33. The fourth-order valence-corrected chi connectivity index (χ4v) is 3.53. The highest BCUT2D eigenvalue weighted by atomic mass is 16.7. The summed E-state index contributed by atoms with van der Waals surface area (Å²) in [5.41, 5.74) is 9.12. The van der Waals surface area contributed by atoms with Crippen molar-refractivity contribution >= 4 is 5.69 Å². The smallest absolute Gasteiger partial charge is 0.189 e. The van der Waals surface area contributed by atoms with Gasteiger partial charge < -0.3 is 15.2 Å². The first-order valence-corrected chi connectivity index (χ1v) is 8.10. The molecule has 0 amide bonds. The maximum absolute atomic E-state index is 6.02. The normalized spacial score (nSPS) is 20.0. The van der Waals surface area contributed by atoms with E-state index in [0.717, 1.165) is 29.5 Å². The lowest BCUT2D eigenvalue weighted by Gasteiger charge is -2.33. The molecule has 0 unspecified atom stereocenters. The minimum Gasteiger partial charge on any atom is -0.467 e. The second kappa shape index (κ2) is 6.67. The van der Waals surface area contributed by atoms with E-state index >= 15 is 0 Å². The first-order chi connectivity index (χ1) is 10.3. The van der Waals surface area contributed by atoms with Gasteiger partial charge in [-0.3, -0.25) is 4.90 Å². The quantitative estimate of drug-likeness (QED) is 0.865. The van der Waals surface area contributed by atoms with E-state index in [4.69, 9.17) is 15.2 Å². The number of fused-ring (bicyclic) bond motifs is 1. The fourth-order valence-electron chi connectivity index (χ4n) is 3.53. The molecular formula is C17H26N2O2. The van der Waals surface area contributed by atoms with Gasteiger partial charge in [-0.05, 0) is 44.0 Å². The molecule has 2 heterocycles. The van der Waals surface area contributed by atoms with E-state index < -0.39 is 0 Å². The molecule has 21 heavy (non-hydrogen) atoms. The Hall–Kier alpha value is -1.26. The Bertz CT molecular complexity index is 482. The Balaban J connectivity index is 1.67. The molecule has 116 valence electrons. The minimum atomic E-state index is 0.350. The van der Waals surface area contributed by atoms with Gasteiger partial charge in [0.2, 0.25) is 0 Å². The third-order valence-corrected chi connectivity index (χ3v) is 4.61. The second-order valence-corrected chi connectivity index (χ2v) is 6.29. The van der Waals surface area contributed by atoms with Gasteiger partial charge in [0.15, 0.2) is 6.79 Å². The van der Waals surface area contributed by atoms with Crippen LogP contribution in [-0.2, 0) is 17.9 Å². The first-order valence-electron chi connectivity index (χ1n) is 8.10. The SMILES string of the molecule is CCCC1CCN(Cc2cc(N)cc3c2OCOC3)CC1. The van der Waals surface area contributed by atoms with Crippen LogP contribution in [-0.4, -0.2) is 24.8 Å². The van der Waals surface area contributed by atoms with E-state index in [1.165, 1.54) is 44.3 Å². The zero-order valence-electron chi connectivity index (χ0n) is 12.9. The topological polar surface area (TPSA) is 47.7 Å². The third kappa shape index (κ3) is 3.50. The van der Waals surface area contributed by atoms with E-state index in [2.05, 4.69) is 17.9 Å². The van der Waals surface area contributed by atoms with Crippen molar-refractivity contribution in [2.75, 3.05) is 25.6 Å². The summed E-state index contributed by atoms with van der Waals surface area (Å²) < 4.78 is 11.1. The van der Waals surface area contributed by atoms with Crippen LogP contribution in [0.4, 0.5) is 5.69 Å². The van der Waals surface area contributed by atoms with Crippen LogP contribution in [0.1, 0.15) is 43.7 Å². The molecule has 3 rings (SSSR count). The number of rotatable bonds is 4. The molecule has 0 aliphatic carbocycles. The number of hydrogen-bond donors (Lipinski definition) is 1. The predicted molar refractivity (Wildman–Crippen MR) is 84.0 cm³/mol. The average molecular weight is 290 g/mol. The van der Waals surface area contributed by atoms with Crippen LogP contribution < -0.4 is 10.5 Å². The van der Waals surface area contributed by atoms with Gasteiger partial charge >= 0.3 is 0 Å². The van der Waals surface area contributed by atoms with Crippen LogP contribution >= 0.6 is 0 Å². The van der Waals surface area contributed by atoms with E-state index in [0.29, 0.717) is 13.4 Å². The van der Waals surface area contributed by atoms with Crippen molar-refractivity contribution in [2.45, 2.75) is 45.8 Å². The van der Waals surface area contributed by atoms with Gasteiger partial charge in [-0.1, -0.05) is 19.8 Å². The summed E-state index contributed by atoms with van der Waals surface area (Å²) in [5.74, 6) is 1.91. The molecule has 4 heteroatoms. The monoisotopic (exact) mass is 290 g/mol. The molecule has 0 spiro atoms. The molecule has 1 aromatic rings. The van der Waals surface area contributed by atoms with Crippen LogP contribution in [0.25, 0.3) is 0 Å². The number of likely N-dealkylation sites (tertiary alicyclic amines) is 1. The van der Waals surface area contributed by atoms with Crippen molar-refractivity contribution < 1.29 is 9.47 Å². The zero-order valence-corrected chi connectivity index (χ0v) is 12.9. The van der Waals surface area contributed by atoms with Gasteiger partial charge in [-0.2, -0.15) is 0 Å². The molecule has 0 aromatic heterocycles. The molecule has 0 bridgehead atoms.